The van der Waals surface area contributed by atoms with Gasteiger partial charge in [-0.05, 0) is 33.6 Å². The van der Waals surface area contributed by atoms with E-state index in [0.717, 1.165) is 6.42 Å². The molecule has 2 aromatic heterocycles. The van der Waals surface area contributed by atoms with Crippen LogP contribution in [0.5, 0.6) is 0 Å². The standard InChI is InChI=1S/C16H17N5O3/c1-15(2,3)23-14(22)16(5-4-6-16)13-20-12(24-21-13)11-9-18-10(7-17)8-19-11/h8-9H,4-6H2,1-3H3. The fourth-order valence-corrected chi connectivity index (χ4v) is 2.44. The molecule has 8 nitrogen and oxygen atoms in total. The predicted molar refractivity (Wildman–Crippen MR) is 81.4 cm³/mol. The second-order valence-corrected chi connectivity index (χ2v) is 6.76. The molecule has 0 unspecified atom stereocenters. The van der Waals surface area contributed by atoms with Crippen LogP contribution in [0.1, 0.15) is 51.6 Å². The minimum Gasteiger partial charge on any atom is -0.459 e. The molecular weight excluding hydrogens is 310 g/mol. The van der Waals surface area contributed by atoms with Crippen molar-refractivity contribution in [2.75, 3.05) is 0 Å². The van der Waals surface area contributed by atoms with Crippen LogP contribution in [0.25, 0.3) is 11.6 Å². The van der Waals surface area contributed by atoms with Crippen molar-refractivity contribution in [3.63, 3.8) is 0 Å². The van der Waals surface area contributed by atoms with Crippen molar-refractivity contribution in [2.45, 2.75) is 51.0 Å². The Balaban J connectivity index is 1.88. The number of carbonyl (C=O) groups is 1. The first-order valence-corrected chi connectivity index (χ1v) is 7.64. The van der Waals surface area contributed by atoms with Crippen molar-refractivity contribution in [1.82, 2.24) is 20.1 Å². The van der Waals surface area contributed by atoms with E-state index in [2.05, 4.69) is 20.1 Å². The normalized spacial score (nSPS) is 16.1. The average molecular weight is 327 g/mol. The Labute approximate surface area is 138 Å². The first kappa shape index (κ1) is 16.1. The molecule has 3 rings (SSSR count). The van der Waals surface area contributed by atoms with Gasteiger partial charge < -0.3 is 9.26 Å². The van der Waals surface area contributed by atoms with Gasteiger partial charge in [0.05, 0.1) is 12.4 Å². The SMILES string of the molecule is CC(C)(C)OC(=O)C1(c2noc(-c3cnc(C#N)cn3)n2)CCC1. The fourth-order valence-electron chi connectivity index (χ4n) is 2.44. The molecule has 1 saturated carbocycles. The Kier molecular flexibility index (Phi) is 3.79. The summed E-state index contributed by atoms with van der Waals surface area (Å²) < 4.78 is 10.8. The fraction of sp³-hybridized carbons (Fsp3) is 0.500. The third-order valence-corrected chi connectivity index (χ3v) is 3.84. The lowest BCUT2D eigenvalue weighted by atomic mass is 9.68. The van der Waals surface area contributed by atoms with Gasteiger partial charge in [0.25, 0.3) is 5.89 Å². The van der Waals surface area contributed by atoms with Gasteiger partial charge in [-0.1, -0.05) is 11.6 Å². The predicted octanol–water partition coefficient (Wildman–Crippen LogP) is 2.16. The Bertz CT molecular complexity index is 794. The number of nitrogens with zero attached hydrogens (tertiary/aromatic N) is 5. The van der Waals surface area contributed by atoms with E-state index in [9.17, 15) is 4.79 Å². The van der Waals surface area contributed by atoms with Crippen molar-refractivity contribution >= 4 is 5.97 Å². The van der Waals surface area contributed by atoms with Crippen molar-refractivity contribution in [3.05, 3.63) is 23.9 Å². The quantitative estimate of drug-likeness (QED) is 0.788. The van der Waals surface area contributed by atoms with Crippen LogP contribution in [0.15, 0.2) is 16.9 Å². The Hall–Kier alpha value is -2.82. The molecule has 0 aliphatic heterocycles. The average Bonchev–Trinajstić information content (AvgIpc) is 2.94. The van der Waals surface area contributed by atoms with Crippen molar-refractivity contribution in [3.8, 4) is 17.7 Å². The van der Waals surface area contributed by atoms with Gasteiger partial charge >= 0.3 is 5.97 Å². The van der Waals surface area contributed by atoms with Crippen LogP contribution in [-0.2, 0) is 14.9 Å². The van der Waals surface area contributed by atoms with Gasteiger partial charge in [-0.15, -0.1) is 0 Å². The second-order valence-electron chi connectivity index (χ2n) is 6.76. The summed E-state index contributed by atoms with van der Waals surface area (Å²) >= 11 is 0. The number of hydrogen-bond acceptors (Lipinski definition) is 8. The summed E-state index contributed by atoms with van der Waals surface area (Å²) in [7, 11) is 0. The Morgan fingerprint density at radius 3 is 2.58 bits per heavy atom. The maximum atomic E-state index is 12.6. The maximum absolute atomic E-state index is 12.6. The molecule has 0 amide bonds. The van der Waals surface area contributed by atoms with Gasteiger partial charge in [-0.2, -0.15) is 10.2 Å². The van der Waals surface area contributed by atoms with Crippen molar-refractivity contribution in [1.29, 1.82) is 5.26 Å². The van der Waals surface area contributed by atoms with Gasteiger partial charge in [0.2, 0.25) is 0 Å². The number of rotatable bonds is 3. The zero-order valence-electron chi connectivity index (χ0n) is 13.7. The minimum atomic E-state index is -0.852. The highest BCUT2D eigenvalue weighted by molar-refractivity contribution is 5.83. The number of ether oxygens (including phenoxy) is 1. The van der Waals surface area contributed by atoms with Crippen molar-refractivity contribution in [2.24, 2.45) is 0 Å². The van der Waals surface area contributed by atoms with E-state index in [-0.39, 0.29) is 17.6 Å². The van der Waals surface area contributed by atoms with Gasteiger partial charge in [0.1, 0.15) is 22.8 Å². The highest BCUT2D eigenvalue weighted by Gasteiger charge is 2.52. The molecule has 0 saturated heterocycles. The summed E-state index contributed by atoms with van der Waals surface area (Å²) in [6, 6.07) is 1.89. The molecule has 124 valence electrons. The molecule has 2 heterocycles. The number of carbonyl (C=O) groups excluding carboxylic acids is 1. The van der Waals surface area contributed by atoms with Crippen LogP contribution in [0.2, 0.25) is 0 Å². The molecule has 1 fully saturated rings. The van der Waals surface area contributed by atoms with E-state index < -0.39 is 11.0 Å². The van der Waals surface area contributed by atoms with E-state index >= 15 is 0 Å². The molecule has 0 atom stereocenters. The van der Waals surface area contributed by atoms with Gasteiger partial charge in [-0.25, -0.2) is 9.97 Å². The molecule has 24 heavy (non-hydrogen) atoms. The monoisotopic (exact) mass is 327 g/mol. The summed E-state index contributed by atoms with van der Waals surface area (Å²) in [6.07, 6.45) is 4.86. The highest BCUT2D eigenvalue weighted by atomic mass is 16.6. The van der Waals surface area contributed by atoms with Gasteiger partial charge in [0, 0.05) is 0 Å². The first-order valence-electron chi connectivity index (χ1n) is 7.64. The molecule has 2 aromatic rings. The highest BCUT2D eigenvalue weighted by Crippen LogP contribution is 2.44. The summed E-state index contributed by atoms with van der Waals surface area (Å²) in [5, 5.41) is 12.7. The molecule has 0 aromatic carbocycles. The first-order chi connectivity index (χ1) is 11.3. The Morgan fingerprint density at radius 1 is 1.33 bits per heavy atom. The summed E-state index contributed by atoms with van der Waals surface area (Å²) in [6.45, 7) is 5.47. The van der Waals surface area contributed by atoms with E-state index in [0.29, 0.717) is 24.4 Å². The number of nitriles is 1. The number of hydrogen-bond donors (Lipinski definition) is 0. The smallest absolute Gasteiger partial charge is 0.320 e. The lowest BCUT2D eigenvalue weighted by molar-refractivity contribution is -0.166. The van der Waals surface area contributed by atoms with Crippen LogP contribution in [-0.4, -0.2) is 31.7 Å². The molecular formula is C16H17N5O3. The van der Waals surface area contributed by atoms with E-state index in [4.69, 9.17) is 14.5 Å². The maximum Gasteiger partial charge on any atom is 0.320 e. The zero-order valence-corrected chi connectivity index (χ0v) is 13.7. The zero-order chi connectivity index (χ0) is 17.4. The van der Waals surface area contributed by atoms with E-state index in [1.807, 2.05) is 26.8 Å². The number of esters is 1. The van der Waals surface area contributed by atoms with Crippen LogP contribution in [0.3, 0.4) is 0 Å². The van der Waals surface area contributed by atoms with Crippen LogP contribution in [0, 0.1) is 11.3 Å². The lowest BCUT2D eigenvalue weighted by Crippen LogP contribution is -2.47. The second kappa shape index (κ2) is 5.67. The van der Waals surface area contributed by atoms with Gasteiger partial charge in [0.15, 0.2) is 11.5 Å². The largest absolute Gasteiger partial charge is 0.459 e. The lowest BCUT2D eigenvalue weighted by Gasteiger charge is -2.38. The molecule has 1 aliphatic carbocycles. The number of aromatic nitrogens is 4. The molecule has 0 radical (unpaired) electrons. The van der Waals surface area contributed by atoms with Crippen LogP contribution in [0.4, 0.5) is 0 Å². The van der Waals surface area contributed by atoms with Gasteiger partial charge in [-0.3, -0.25) is 4.79 Å². The molecule has 1 aliphatic rings. The van der Waals surface area contributed by atoms with Crippen LogP contribution < -0.4 is 0 Å². The summed E-state index contributed by atoms with van der Waals surface area (Å²) in [5.41, 5.74) is -0.881. The molecule has 8 heteroatoms. The van der Waals surface area contributed by atoms with E-state index in [1.165, 1.54) is 12.4 Å². The Morgan fingerprint density at radius 2 is 2.08 bits per heavy atom. The summed E-state index contributed by atoms with van der Waals surface area (Å²) in [4.78, 5) is 24.9. The van der Waals surface area contributed by atoms with E-state index in [1.54, 1.807) is 0 Å². The molecule has 0 spiro atoms. The van der Waals surface area contributed by atoms with Crippen LogP contribution >= 0.6 is 0 Å². The molecule has 0 bridgehead atoms. The third-order valence-electron chi connectivity index (χ3n) is 3.84. The topological polar surface area (TPSA) is 115 Å². The summed E-state index contributed by atoms with van der Waals surface area (Å²) in [5.74, 6) is 0.139. The van der Waals surface area contributed by atoms with Crippen molar-refractivity contribution < 1.29 is 14.1 Å². The third kappa shape index (κ3) is 2.85. The minimum absolute atomic E-state index is 0.164. The molecule has 0 N–H and O–H groups in total.